The van der Waals surface area contributed by atoms with E-state index in [1.807, 2.05) is 6.08 Å². The summed E-state index contributed by atoms with van der Waals surface area (Å²) in [7, 11) is 0. The van der Waals surface area contributed by atoms with Crippen LogP contribution in [0.15, 0.2) is 30.9 Å². The lowest BCUT2D eigenvalue weighted by molar-refractivity contribution is -0.256. The van der Waals surface area contributed by atoms with Crippen molar-refractivity contribution in [3.05, 3.63) is 47.8 Å². The highest BCUT2D eigenvalue weighted by Gasteiger charge is 2.36. The molecule has 0 aromatic heterocycles. The van der Waals surface area contributed by atoms with Crippen LogP contribution >= 0.6 is 0 Å². The maximum atomic E-state index is 14.1. The zero-order valence-electron chi connectivity index (χ0n) is 15.0. The van der Waals surface area contributed by atoms with Crippen LogP contribution in [0.4, 0.5) is 26.3 Å². The van der Waals surface area contributed by atoms with Gasteiger partial charge in [0.2, 0.25) is 0 Å². The van der Waals surface area contributed by atoms with Crippen LogP contribution < -0.4 is 0 Å². The van der Waals surface area contributed by atoms with Crippen LogP contribution in [0.1, 0.15) is 56.1 Å². The number of ether oxygens (including phenoxy) is 1. The Bertz CT molecular complexity index is 617. The highest BCUT2D eigenvalue weighted by atomic mass is 19.4. The summed E-state index contributed by atoms with van der Waals surface area (Å²) < 4.78 is 83.7. The van der Waals surface area contributed by atoms with E-state index in [9.17, 15) is 26.3 Å². The third-order valence-electron chi connectivity index (χ3n) is 5.06. The van der Waals surface area contributed by atoms with Crippen LogP contribution in [0.5, 0.6) is 0 Å². The highest BCUT2D eigenvalue weighted by molar-refractivity contribution is 5.26. The molecule has 0 saturated heterocycles. The SMILES string of the molecule is C=CCCC1CCC(CC(F)(F)OCc2ccc(C(F)(F)F)c(F)c2)CC1. The molecule has 27 heavy (non-hydrogen) atoms. The van der Waals surface area contributed by atoms with Crippen molar-refractivity contribution in [1.29, 1.82) is 0 Å². The van der Waals surface area contributed by atoms with E-state index in [-0.39, 0.29) is 11.5 Å². The number of alkyl halides is 5. The average Bonchev–Trinajstić information content (AvgIpc) is 2.58. The van der Waals surface area contributed by atoms with Crippen LogP contribution in [0.2, 0.25) is 0 Å². The lowest BCUT2D eigenvalue weighted by Crippen LogP contribution is -2.27. The van der Waals surface area contributed by atoms with Crippen molar-refractivity contribution in [2.75, 3.05) is 0 Å². The minimum Gasteiger partial charge on any atom is -0.316 e. The lowest BCUT2D eigenvalue weighted by atomic mass is 9.78. The van der Waals surface area contributed by atoms with Crippen molar-refractivity contribution in [2.45, 2.75) is 63.8 Å². The van der Waals surface area contributed by atoms with Gasteiger partial charge in [-0.3, -0.25) is 0 Å². The van der Waals surface area contributed by atoms with Gasteiger partial charge in [0.25, 0.3) is 0 Å². The highest BCUT2D eigenvalue weighted by Crippen LogP contribution is 2.38. The summed E-state index contributed by atoms with van der Waals surface area (Å²) in [6.45, 7) is 3.04. The lowest BCUT2D eigenvalue weighted by Gasteiger charge is -2.30. The molecule has 1 aliphatic carbocycles. The summed E-state index contributed by atoms with van der Waals surface area (Å²) in [5.41, 5.74) is -1.49. The van der Waals surface area contributed by atoms with Crippen molar-refractivity contribution >= 4 is 0 Å². The number of rotatable bonds is 8. The Kier molecular flexibility index (Phi) is 7.37. The molecule has 7 heteroatoms. The normalized spacial score (nSPS) is 21.3. The minimum absolute atomic E-state index is 0.0618. The summed E-state index contributed by atoms with van der Waals surface area (Å²) in [4.78, 5) is 0. The summed E-state index contributed by atoms with van der Waals surface area (Å²) in [5.74, 6) is -1.10. The summed E-state index contributed by atoms with van der Waals surface area (Å²) in [6.07, 6.45) is -1.61. The maximum absolute atomic E-state index is 14.1. The van der Waals surface area contributed by atoms with Crippen LogP contribution in [-0.4, -0.2) is 6.11 Å². The van der Waals surface area contributed by atoms with E-state index in [1.165, 1.54) is 0 Å². The second kappa shape index (κ2) is 9.13. The first-order valence-corrected chi connectivity index (χ1v) is 9.09. The fourth-order valence-electron chi connectivity index (χ4n) is 3.54. The van der Waals surface area contributed by atoms with Crippen LogP contribution in [-0.2, 0) is 17.5 Å². The molecule has 0 aliphatic heterocycles. The van der Waals surface area contributed by atoms with Gasteiger partial charge in [0.05, 0.1) is 12.2 Å². The fourth-order valence-corrected chi connectivity index (χ4v) is 3.54. The topological polar surface area (TPSA) is 9.23 Å². The smallest absolute Gasteiger partial charge is 0.316 e. The molecule has 152 valence electrons. The largest absolute Gasteiger partial charge is 0.419 e. The molecule has 1 aromatic carbocycles. The Hall–Kier alpha value is -1.50. The third-order valence-corrected chi connectivity index (χ3v) is 5.06. The van der Waals surface area contributed by atoms with E-state index in [0.717, 1.165) is 31.7 Å². The zero-order valence-corrected chi connectivity index (χ0v) is 15.0. The summed E-state index contributed by atoms with van der Waals surface area (Å²) in [6, 6.07) is 2.08. The number of halogens is 6. The Morgan fingerprint density at radius 1 is 1.04 bits per heavy atom. The van der Waals surface area contributed by atoms with Crippen LogP contribution in [0.25, 0.3) is 0 Å². The van der Waals surface area contributed by atoms with Crippen LogP contribution in [0.3, 0.4) is 0 Å². The van der Waals surface area contributed by atoms with Gasteiger partial charge in [0.15, 0.2) is 0 Å². The van der Waals surface area contributed by atoms with E-state index in [4.69, 9.17) is 0 Å². The molecule has 0 heterocycles. The first-order valence-electron chi connectivity index (χ1n) is 9.09. The third kappa shape index (κ3) is 6.87. The molecule has 0 amide bonds. The molecule has 0 N–H and O–H groups in total. The Morgan fingerprint density at radius 2 is 1.67 bits per heavy atom. The first-order chi connectivity index (χ1) is 12.6. The molecule has 1 aromatic rings. The van der Waals surface area contributed by atoms with Crippen molar-refractivity contribution in [2.24, 2.45) is 11.8 Å². The van der Waals surface area contributed by atoms with E-state index in [0.29, 0.717) is 30.9 Å². The maximum Gasteiger partial charge on any atom is 0.419 e. The van der Waals surface area contributed by atoms with E-state index in [2.05, 4.69) is 11.3 Å². The summed E-state index contributed by atoms with van der Waals surface area (Å²) >= 11 is 0. The standard InChI is InChI=1S/C20H24F6O/c1-2-3-4-14-5-7-15(8-6-14)12-19(22,23)27-13-16-9-10-17(18(21)11-16)20(24,25)26/h2,9-11,14-15H,1,3-8,12-13H2. The first kappa shape index (κ1) is 21.8. The number of hydrogen-bond donors (Lipinski definition) is 0. The van der Waals surface area contributed by atoms with E-state index >= 15 is 0 Å². The Morgan fingerprint density at radius 3 is 2.22 bits per heavy atom. The number of benzene rings is 1. The van der Waals surface area contributed by atoms with Gasteiger partial charge in [-0.1, -0.05) is 25.0 Å². The molecule has 0 bridgehead atoms. The van der Waals surface area contributed by atoms with Crippen molar-refractivity contribution < 1.29 is 31.1 Å². The van der Waals surface area contributed by atoms with Crippen molar-refractivity contribution in [3.8, 4) is 0 Å². The van der Waals surface area contributed by atoms with Gasteiger partial charge in [0, 0.05) is 6.42 Å². The van der Waals surface area contributed by atoms with Crippen LogP contribution in [0, 0.1) is 17.7 Å². The second-order valence-corrected chi connectivity index (χ2v) is 7.19. The van der Waals surface area contributed by atoms with Gasteiger partial charge in [-0.25, -0.2) is 4.39 Å². The zero-order chi connectivity index (χ0) is 20.1. The predicted octanol–water partition coefficient (Wildman–Crippen LogP) is 7.12. The van der Waals surface area contributed by atoms with Gasteiger partial charge in [-0.05, 0) is 55.2 Å². The predicted molar refractivity (Wildman–Crippen MR) is 90.6 cm³/mol. The molecular weight excluding hydrogens is 370 g/mol. The molecule has 1 fully saturated rings. The van der Waals surface area contributed by atoms with Gasteiger partial charge >= 0.3 is 12.3 Å². The van der Waals surface area contributed by atoms with E-state index in [1.54, 1.807) is 0 Å². The molecule has 0 atom stereocenters. The average molecular weight is 394 g/mol. The quantitative estimate of drug-likeness (QED) is 0.337. The molecule has 1 saturated carbocycles. The van der Waals surface area contributed by atoms with Crippen molar-refractivity contribution in [3.63, 3.8) is 0 Å². The number of hydrogen-bond acceptors (Lipinski definition) is 1. The molecule has 1 aliphatic rings. The molecule has 0 radical (unpaired) electrons. The van der Waals surface area contributed by atoms with Gasteiger partial charge in [-0.15, -0.1) is 6.58 Å². The van der Waals surface area contributed by atoms with E-state index < -0.39 is 36.7 Å². The van der Waals surface area contributed by atoms with Gasteiger partial charge in [-0.2, -0.15) is 22.0 Å². The van der Waals surface area contributed by atoms with Gasteiger partial charge < -0.3 is 4.74 Å². The second-order valence-electron chi connectivity index (χ2n) is 7.19. The van der Waals surface area contributed by atoms with Gasteiger partial charge in [0.1, 0.15) is 5.82 Å². The molecule has 1 nitrogen and oxygen atoms in total. The monoisotopic (exact) mass is 394 g/mol. The Balaban J connectivity index is 1.83. The molecule has 0 spiro atoms. The number of allylic oxidation sites excluding steroid dienone is 1. The molecule has 2 rings (SSSR count). The summed E-state index contributed by atoms with van der Waals surface area (Å²) in [5, 5.41) is 0. The Labute approximate surface area is 155 Å². The van der Waals surface area contributed by atoms with Crippen molar-refractivity contribution in [1.82, 2.24) is 0 Å². The molecule has 0 unspecified atom stereocenters. The minimum atomic E-state index is -4.82. The molecular formula is C20H24F6O. The fraction of sp³-hybridized carbons (Fsp3) is 0.600.